The average Bonchev–Trinajstić information content (AvgIpc) is 2.92. The summed E-state index contributed by atoms with van der Waals surface area (Å²) in [5, 5.41) is 0. The Hall–Kier alpha value is -1.87. The first-order valence-electron chi connectivity index (χ1n) is 12.1. The molecular weight excluding hydrogens is 419 g/mol. The Bertz CT molecular complexity index is 799. The van der Waals surface area contributed by atoms with Gasteiger partial charge in [-0.1, -0.05) is 0 Å². The van der Waals surface area contributed by atoms with E-state index in [1.165, 1.54) is 0 Å². The summed E-state index contributed by atoms with van der Waals surface area (Å²) in [6, 6.07) is 0.261. The van der Waals surface area contributed by atoms with Crippen molar-refractivity contribution in [2.45, 2.75) is 98.0 Å². The van der Waals surface area contributed by atoms with Crippen molar-refractivity contribution in [2.24, 2.45) is 5.92 Å². The number of piperidine rings is 1. The van der Waals surface area contributed by atoms with Crippen LogP contribution < -0.4 is 10.4 Å². The Morgan fingerprint density at radius 3 is 2.12 bits per heavy atom. The lowest BCUT2D eigenvalue weighted by atomic mass is 9.81. The van der Waals surface area contributed by atoms with E-state index in [2.05, 4.69) is 28.7 Å². The van der Waals surface area contributed by atoms with Crippen LogP contribution in [0.4, 0.5) is 10.7 Å². The van der Waals surface area contributed by atoms with Gasteiger partial charge in [0, 0.05) is 43.5 Å². The molecular formula is C24H41BN4O4. The van der Waals surface area contributed by atoms with Gasteiger partial charge >= 0.3 is 13.2 Å². The summed E-state index contributed by atoms with van der Waals surface area (Å²) in [5.74, 6) is 1.18. The van der Waals surface area contributed by atoms with Crippen molar-refractivity contribution in [1.29, 1.82) is 0 Å². The van der Waals surface area contributed by atoms with Gasteiger partial charge in [-0.2, -0.15) is 0 Å². The molecule has 2 saturated heterocycles. The molecule has 2 aliphatic heterocycles. The third kappa shape index (κ3) is 6.18. The number of hydrogen-bond acceptors (Lipinski definition) is 7. The van der Waals surface area contributed by atoms with Crippen LogP contribution >= 0.6 is 0 Å². The molecule has 0 spiro atoms. The molecule has 0 aromatic carbocycles. The van der Waals surface area contributed by atoms with Crippen LogP contribution in [0.3, 0.4) is 0 Å². The average molecular weight is 460 g/mol. The van der Waals surface area contributed by atoms with E-state index in [1.54, 1.807) is 0 Å². The van der Waals surface area contributed by atoms with Crippen LogP contribution in [-0.4, -0.2) is 70.6 Å². The lowest BCUT2D eigenvalue weighted by Crippen LogP contribution is -2.45. The second-order valence-corrected chi connectivity index (χ2v) is 11.6. The molecule has 33 heavy (non-hydrogen) atoms. The van der Waals surface area contributed by atoms with E-state index in [0.29, 0.717) is 25.0 Å². The number of hydrogen-bond donors (Lipinski definition) is 0. The molecule has 1 amide bonds. The Labute approximate surface area is 199 Å². The fourth-order valence-electron chi connectivity index (χ4n) is 4.01. The predicted molar refractivity (Wildman–Crippen MR) is 131 cm³/mol. The second kappa shape index (κ2) is 9.41. The largest absolute Gasteiger partial charge is 0.498 e. The van der Waals surface area contributed by atoms with Gasteiger partial charge in [0.05, 0.1) is 11.2 Å². The molecule has 184 valence electrons. The highest BCUT2D eigenvalue weighted by atomic mass is 16.7. The molecule has 0 unspecified atom stereocenters. The number of ether oxygens (including phenoxy) is 1. The van der Waals surface area contributed by atoms with E-state index < -0.39 is 23.9 Å². The zero-order chi connectivity index (χ0) is 24.6. The minimum atomic E-state index is -0.466. The van der Waals surface area contributed by atoms with E-state index in [4.69, 9.17) is 14.0 Å². The number of carbonyl (C=O) groups excluding carboxylic acids is 1. The summed E-state index contributed by atoms with van der Waals surface area (Å²) in [5.41, 5.74) is -0.429. The van der Waals surface area contributed by atoms with Crippen molar-refractivity contribution >= 4 is 24.6 Å². The van der Waals surface area contributed by atoms with E-state index in [-0.39, 0.29) is 12.1 Å². The third-order valence-corrected chi connectivity index (χ3v) is 6.78. The summed E-state index contributed by atoms with van der Waals surface area (Å²) in [6.45, 7) is 20.4. The number of aromatic nitrogens is 2. The van der Waals surface area contributed by atoms with Crippen molar-refractivity contribution in [3.63, 3.8) is 0 Å². The standard InChI is InChI=1S/C24H41BN4O4/c1-17(2)29(16-18-10-12-28(13-11-18)21(30)31-22(3,4)5)20-26-14-19(15-27-20)25-32-23(6,7)24(8,9)33-25/h14-15,17-18H,10-13,16H2,1-9H3. The van der Waals surface area contributed by atoms with Gasteiger partial charge in [0.2, 0.25) is 5.95 Å². The molecule has 9 heteroatoms. The first-order valence-corrected chi connectivity index (χ1v) is 12.1. The molecule has 0 atom stereocenters. The Morgan fingerprint density at radius 1 is 1.15 bits per heavy atom. The van der Waals surface area contributed by atoms with E-state index in [1.807, 2.05) is 65.8 Å². The minimum Gasteiger partial charge on any atom is -0.444 e. The molecule has 0 aliphatic carbocycles. The molecule has 8 nitrogen and oxygen atoms in total. The molecule has 3 heterocycles. The molecule has 0 bridgehead atoms. The fourth-order valence-corrected chi connectivity index (χ4v) is 4.01. The highest BCUT2D eigenvalue weighted by Gasteiger charge is 2.52. The molecule has 3 rings (SSSR count). The van der Waals surface area contributed by atoms with Crippen molar-refractivity contribution in [3.05, 3.63) is 12.4 Å². The van der Waals surface area contributed by atoms with E-state index >= 15 is 0 Å². The molecule has 2 aliphatic rings. The second-order valence-electron chi connectivity index (χ2n) is 11.6. The monoisotopic (exact) mass is 460 g/mol. The maximum Gasteiger partial charge on any atom is 0.498 e. The van der Waals surface area contributed by atoms with Crippen LogP contribution in [0, 0.1) is 5.92 Å². The number of carbonyl (C=O) groups is 1. The normalized spacial score (nSPS) is 20.9. The molecule has 0 N–H and O–H groups in total. The smallest absolute Gasteiger partial charge is 0.444 e. The van der Waals surface area contributed by atoms with Gasteiger partial charge in [-0.3, -0.25) is 0 Å². The van der Waals surface area contributed by atoms with E-state index in [0.717, 1.165) is 24.8 Å². The van der Waals surface area contributed by atoms with E-state index in [9.17, 15) is 4.79 Å². The first-order chi connectivity index (χ1) is 15.2. The van der Waals surface area contributed by atoms with Crippen molar-refractivity contribution in [3.8, 4) is 0 Å². The molecule has 0 saturated carbocycles. The maximum absolute atomic E-state index is 12.3. The number of nitrogens with zero attached hydrogens (tertiary/aromatic N) is 4. The summed E-state index contributed by atoms with van der Waals surface area (Å²) in [7, 11) is -0.464. The van der Waals surface area contributed by atoms with Gasteiger partial charge < -0.3 is 23.8 Å². The SMILES string of the molecule is CC(C)N(CC1CCN(C(=O)OC(C)(C)C)CC1)c1ncc(B2OC(C)(C)C(C)(C)O2)cn1. The van der Waals surface area contributed by atoms with Crippen LogP contribution in [0.2, 0.25) is 0 Å². The highest BCUT2D eigenvalue weighted by Crippen LogP contribution is 2.36. The maximum atomic E-state index is 12.3. The van der Waals surface area contributed by atoms with Crippen LogP contribution in [0.25, 0.3) is 0 Å². The van der Waals surface area contributed by atoms with Crippen LogP contribution in [0.5, 0.6) is 0 Å². The van der Waals surface area contributed by atoms with Gasteiger partial charge in [0.15, 0.2) is 0 Å². The minimum absolute atomic E-state index is 0.219. The van der Waals surface area contributed by atoms with Crippen molar-refractivity contribution < 1.29 is 18.8 Å². The van der Waals surface area contributed by atoms with Crippen LogP contribution in [0.15, 0.2) is 12.4 Å². The molecule has 0 radical (unpaired) electrons. The number of rotatable bonds is 5. The number of likely N-dealkylation sites (tertiary alicyclic amines) is 1. The summed E-state index contributed by atoms with van der Waals surface area (Å²) >= 11 is 0. The van der Waals surface area contributed by atoms with Crippen molar-refractivity contribution in [2.75, 3.05) is 24.5 Å². The van der Waals surface area contributed by atoms with Crippen LogP contribution in [-0.2, 0) is 14.0 Å². The summed E-state index contributed by atoms with van der Waals surface area (Å²) < 4.78 is 17.8. The number of anilines is 1. The lowest BCUT2D eigenvalue weighted by molar-refractivity contribution is 0.00578. The summed E-state index contributed by atoms with van der Waals surface area (Å²) in [4.78, 5) is 25.7. The Kier molecular flexibility index (Phi) is 7.34. The molecule has 1 aromatic heterocycles. The van der Waals surface area contributed by atoms with Crippen LogP contribution in [0.1, 0.15) is 75.2 Å². The van der Waals surface area contributed by atoms with Crippen molar-refractivity contribution in [1.82, 2.24) is 14.9 Å². The summed E-state index contributed by atoms with van der Waals surface area (Å²) in [6.07, 6.45) is 5.28. The zero-order valence-corrected chi connectivity index (χ0v) is 21.8. The third-order valence-electron chi connectivity index (χ3n) is 6.78. The Morgan fingerprint density at radius 2 is 1.67 bits per heavy atom. The first kappa shape index (κ1) is 25.8. The number of amides is 1. The van der Waals surface area contributed by atoms with Gasteiger partial charge in [-0.15, -0.1) is 0 Å². The van der Waals surface area contributed by atoms with Gasteiger partial charge in [-0.25, -0.2) is 14.8 Å². The Balaban J connectivity index is 1.60. The fraction of sp³-hybridized carbons (Fsp3) is 0.792. The van der Waals surface area contributed by atoms with Gasteiger partial charge in [-0.05, 0) is 81.1 Å². The topological polar surface area (TPSA) is 77.0 Å². The highest BCUT2D eigenvalue weighted by molar-refractivity contribution is 6.61. The predicted octanol–water partition coefficient (Wildman–Crippen LogP) is 3.64. The molecule has 2 fully saturated rings. The quantitative estimate of drug-likeness (QED) is 0.621. The lowest BCUT2D eigenvalue weighted by Gasteiger charge is -2.36. The van der Waals surface area contributed by atoms with Gasteiger partial charge in [0.1, 0.15) is 5.60 Å². The molecule has 1 aromatic rings. The van der Waals surface area contributed by atoms with Gasteiger partial charge in [0.25, 0.3) is 0 Å². The zero-order valence-electron chi connectivity index (χ0n) is 21.8.